The molecule has 0 aliphatic carbocycles. The molecule has 3 rings (SSSR count). The summed E-state index contributed by atoms with van der Waals surface area (Å²) in [6.07, 6.45) is 3.49. The molecule has 0 amide bonds. The van der Waals surface area contributed by atoms with Crippen LogP contribution in [0.25, 0.3) is 9.53 Å². The van der Waals surface area contributed by atoms with E-state index in [9.17, 15) is 13.0 Å². The van der Waals surface area contributed by atoms with Crippen LogP contribution >= 0.6 is 22.7 Å². The Balaban J connectivity index is 0.00000363. The number of hydrogen-bond donors (Lipinski definition) is 1. The summed E-state index contributed by atoms with van der Waals surface area (Å²) in [4.78, 5) is 6.93. The van der Waals surface area contributed by atoms with Gasteiger partial charge in [0.25, 0.3) is 0 Å². The van der Waals surface area contributed by atoms with Gasteiger partial charge < -0.3 is 9.87 Å². The van der Waals surface area contributed by atoms with Gasteiger partial charge in [-0.05, 0) is 60.9 Å². The molecule has 1 aromatic carbocycles. The molecule has 3 aromatic rings. The molecule has 11 heteroatoms. The smallest absolute Gasteiger partial charge is 0.747 e. The van der Waals surface area contributed by atoms with Gasteiger partial charge >= 0.3 is 29.6 Å². The Morgan fingerprint density at radius 1 is 1.16 bits per heavy atom. The molecule has 0 bridgehead atoms. The Morgan fingerprint density at radius 3 is 2.44 bits per heavy atom. The molecular weight excluding hydrogens is 475 g/mol. The van der Waals surface area contributed by atoms with Crippen LogP contribution in [0, 0.1) is 11.3 Å². The minimum atomic E-state index is -4.31. The molecule has 0 aliphatic heterocycles. The first-order valence-corrected chi connectivity index (χ1v) is 13.3. The van der Waals surface area contributed by atoms with Crippen molar-refractivity contribution in [3.8, 4) is 0 Å². The standard InChI is InChI=1S/C21H28N4O3S3.Na/c1-14(12-21(2,3)4)5-10-17-11-18-19(29-17)23-20(30-18)25-24-16-8-6-15(7-9-16)22-13-31(26,27)28;/h6-9,11,14,22H,5,10,12-13H2,1-4H3,(H,26,27,28);/q;+1/p-1. The zero-order valence-electron chi connectivity index (χ0n) is 19.1. The number of hydrogen-bond acceptors (Lipinski definition) is 9. The van der Waals surface area contributed by atoms with E-state index in [1.54, 1.807) is 35.6 Å². The molecule has 1 unspecified atom stereocenters. The van der Waals surface area contributed by atoms with Crippen molar-refractivity contribution in [1.29, 1.82) is 0 Å². The molecule has 2 heterocycles. The number of rotatable bonds is 9. The van der Waals surface area contributed by atoms with Crippen molar-refractivity contribution in [3.63, 3.8) is 0 Å². The van der Waals surface area contributed by atoms with Crippen molar-refractivity contribution in [3.05, 3.63) is 35.2 Å². The number of fused-ring (bicyclic) bond motifs is 1. The van der Waals surface area contributed by atoms with Crippen molar-refractivity contribution in [1.82, 2.24) is 4.98 Å². The van der Waals surface area contributed by atoms with Crippen LogP contribution < -0.4 is 34.9 Å². The number of azo groups is 1. The maximum Gasteiger partial charge on any atom is 1.00 e. The van der Waals surface area contributed by atoms with Crippen LogP contribution in [-0.2, 0) is 16.5 Å². The first-order valence-electron chi connectivity index (χ1n) is 10.1. The summed E-state index contributed by atoms with van der Waals surface area (Å²) in [5.41, 5.74) is 1.51. The second-order valence-electron chi connectivity index (χ2n) is 8.91. The number of anilines is 1. The predicted octanol–water partition coefficient (Wildman–Crippen LogP) is 3.70. The van der Waals surface area contributed by atoms with Gasteiger partial charge in [0.15, 0.2) is 0 Å². The van der Waals surface area contributed by atoms with E-state index in [-0.39, 0.29) is 29.6 Å². The van der Waals surface area contributed by atoms with Crippen LogP contribution in [0.4, 0.5) is 16.5 Å². The van der Waals surface area contributed by atoms with E-state index < -0.39 is 16.0 Å². The summed E-state index contributed by atoms with van der Waals surface area (Å²) < 4.78 is 33.1. The summed E-state index contributed by atoms with van der Waals surface area (Å²) in [7, 11) is -4.31. The molecule has 0 aliphatic rings. The zero-order chi connectivity index (χ0) is 22.6. The van der Waals surface area contributed by atoms with Crippen LogP contribution in [0.15, 0.2) is 40.6 Å². The molecular formula is C21H27N4NaO3S3. The monoisotopic (exact) mass is 502 g/mol. The van der Waals surface area contributed by atoms with E-state index in [1.807, 2.05) is 0 Å². The Morgan fingerprint density at radius 2 is 1.84 bits per heavy atom. The maximum absolute atomic E-state index is 10.7. The van der Waals surface area contributed by atoms with Crippen LogP contribution in [0.1, 0.15) is 45.4 Å². The number of thiophene rings is 1. The van der Waals surface area contributed by atoms with Crippen LogP contribution in [0.2, 0.25) is 0 Å². The zero-order valence-corrected chi connectivity index (χ0v) is 23.5. The largest absolute Gasteiger partial charge is 1.00 e. The number of nitrogens with zero attached hydrogens (tertiary/aromatic N) is 3. The van der Waals surface area contributed by atoms with Crippen molar-refractivity contribution in [2.75, 3.05) is 11.2 Å². The van der Waals surface area contributed by atoms with Gasteiger partial charge in [0.05, 0.1) is 10.4 Å². The number of nitrogens with one attached hydrogen (secondary N) is 1. The molecule has 1 atom stereocenters. The quantitative estimate of drug-likeness (QED) is 0.273. The fourth-order valence-electron chi connectivity index (χ4n) is 3.39. The molecule has 0 fully saturated rings. The second-order valence-corrected chi connectivity index (χ2v) is 12.4. The Kier molecular flexibility index (Phi) is 9.84. The summed E-state index contributed by atoms with van der Waals surface area (Å²) in [5.74, 6) is 0.0463. The van der Waals surface area contributed by atoms with E-state index in [2.05, 4.69) is 54.3 Å². The van der Waals surface area contributed by atoms with E-state index >= 15 is 0 Å². The third kappa shape index (κ3) is 9.17. The molecule has 32 heavy (non-hydrogen) atoms. The van der Waals surface area contributed by atoms with Crippen LogP contribution in [0.3, 0.4) is 0 Å². The SMILES string of the molecule is CC(CCc1cc2sc(N=Nc3ccc(NCS(=O)(=O)[O-])cc3)nc2s1)CC(C)(C)C.[Na+]. The summed E-state index contributed by atoms with van der Waals surface area (Å²) >= 11 is 3.24. The number of aryl methyl sites for hydroxylation is 1. The van der Waals surface area contributed by atoms with E-state index in [4.69, 9.17) is 0 Å². The number of thiazole rings is 1. The Hall–Kier alpha value is -0.880. The van der Waals surface area contributed by atoms with Gasteiger partial charge in [-0.3, -0.25) is 0 Å². The molecule has 0 saturated heterocycles. The van der Waals surface area contributed by atoms with Crippen molar-refractivity contribution < 1.29 is 42.5 Å². The number of benzene rings is 1. The molecule has 1 N–H and O–H groups in total. The van der Waals surface area contributed by atoms with Gasteiger partial charge in [0.2, 0.25) is 5.13 Å². The molecule has 0 saturated carbocycles. The topological polar surface area (TPSA) is 107 Å². The van der Waals surface area contributed by atoms with Crippen LogP contribution in [-0.4, -0.2) is 23.8 Å². The Bertz CT molecular complexity index is 1120. The van der Waals surface area contributed by atoms with Gasteiger partial charge in [-0.1, -0.05) is 39.0 Å². The maximum atomic E-state index is 10.7. The van der Waals surface area contributed by atoms with E-state index in [1.165, 1.54) is 29.1 Å². The fraction of sp³-hybridized carbons (Fsp3) is 0.476. The average molecular weight is 503 g/mol. The molecule has 0 spiro atoms. The molecule has 0 radical (unpaired) electrons. The van der Waals surface area contributed by atoms with Gasteiger partial charge in [0, 0.05) is 10.6 Å². The predicted molar refractivity (Wildman–Crippen MR) is 128 cm³/mol. The van der Waals surface area contributed by atoms with Crippen molar-refractivity contribution >= 4 is 58.8 Å². The number of aromatic nitrogens is 1. The normalized spacial score (nSPS) is 13.4. The molecule has 2 aromatic heterocycles. The molecule has 7 nitrogen and oxygen atoms in total. The minimum Gasteiger partial charge on any atom is -0.747 e. The third-order valence-electron chi connectivity index (χ3n) is 4.54. The first kappa shape index (κ1) is 27.4. The van der Waals surface area contributed by atoms with Gasteiger partial charge in [-0.25, -0.2) is 13.4 Å². The first-order chi connectivity index (χ1) is 14.5. The van der Waals surface area contributed by atoms with E-state index in [0.29, 0.717) is 27.8 Å². The fourth-order valence-corrected chi connectivity index (χ4v) is 5.80. The van der Waals surface area contributed by atoms with Gasteiger partial charge in [0.1, 0.15) is 20.8 Å². The minimum absolute atomic E-state index is 0. The van der Waals surface area contributed by atoms with Gasteiger partial charge in [-0.15, -0.1) is 21.6 Å². The van der Waals surface area contributed by atoms with E-state index in [0.717, 1.165) is 16.0 Å². The Labute approximate surface area is 219 Å². The van der Waals surface area contributed by atoms with Crippen molar-refractivity contribution in [2.24, 2.45) is 21.6 Å². The average Bonchev–Trinajstić information content (AvgIpc) is 3.20. The van der Waals surface area contributed by atoms with Crippen LogP contribution in [0.5, 0.6) is 0 Å². The van der Waals surface area contributed by atoms with Gasteiger partial charge in [-0.2, -0.15) is 0 Å². The third-order valence-corrected chi connectivity index (χ3v) is 7.15. The second kappa shape index (κ2) is 11.5. The summed E-state index contributed by atoms with van der Waals surface area (Å²) in [5, 5.41) is 11.6. The molecule has 168 valence electrons. The summed E-state index contributed by atoms with van der Waals surface area (Å²) in [6.45, 7) is 9.19. The summed E-state index contributed by atoms with van der Waals surface area (Å²) in [6, 6.07) is 8.89. The van der Waals surface area contributed by atoms with Crippen molar-refractivity contribution in [2.45, 2.75) is 47.0 Å².